The highest BCUT2D eigenvalue weighted by Gasteiger charge is 2.30. The van der Waals surface area contributed by atoms with Crippen molar-refractivity contribution >= 4 is 55.6 Å². The van der Waals surface area contributed by atoms with Crippen LogP contribution in [0.4, 0.5) is 5.69 Å². The number of pyridine rings is 1. The van der Waals surface area contributed by atoms with Crippen LogP contribution in [0.15, 0.2) is 155 Å². The number of anilines is 1. The molecule has 3 heterocycles. The van der Waals surface area contributed by atoms with Crippen molar-refractivity contribution in [3.8, 4) is 11.6 Å². The molecule has 8 rings (SSSR count). The molecule has 1 aliphatic heterocycles. The molecule has 11 heteroatoms. The van der Waals surface area contributed by atoms with Gasteiger partial charge in [0.1, 0.15) is 6.54 Å². The summed E-state index contributed by atoms with van der Waals surface area (Å²) in [6.45, 7) is 3.43. The van der Waals surface area contributed by atoms with Gasteiger partial charge >= 0.3 is 5.69 Å². The highest BCUT2D eigenvalue weighted by Crippen LogP contribution is 2.48. The minimum atomic E-state index is -4.36. The largest absolute Gasteiger partial charge is 0.859 e. The van der Waals surface area contributed by atoms with Crippen molar-refractivity contribution in [2.75, 3.05) is 17.2 Å². The Bertz CT molecular complexity index is 3080. The third kappa shape index (κ3) is 8.41. The monoisotopic (exact) mass is 843 g/mol. The van der Waals surface area contributed by atoms with Gasteiger partial charge in [0, 0.05) is 72.0 Å². The zero-order valence-corrected chi connectivity index (χ0v) is 35.6. The Morgan fingerprint density at radius 3 is 2.26 bits per heavy atom. The lowest BCUT2D eigenvalue weighted by Gasteiger charge is -2.30. The number of hydrogen-bond acceptors (Lipinski definition) is 7. The Morgan fingerprint density at radius 1 is 0.742 bits per heavy atom. The number of aryl methyl sites for hydroxylation is 1. The van der Waals surface area contributed by atoms with Gasteiger partial charge in [-0.15, -0.1) is 0 Å². The molecule has 6 aromatic rings. The zero-order valence-electron chi connectivity index (χ0n) is 34.7. The number of nitrogens with zero attached hydrogens (tertiary/aromatic N) is 4. The van der Waals surface area contributed by atoms with E-state index in [9.17, 15) is 27.7 Å². The quantitative estimate of drug-likeness (QED) is 0.0617. The Morgan fingerprint density at radius 2 is 1.47 bits per heavy atom. The fourth-order valence-corrected chi connectivity index (χ4v) is 9.01. The number of rotatable bonds is 14. The van der Waals surface area contributed by atoms with E-state index in [1.54, 1.807) is 30.3 Å². The van der Waals surface area contributed by atoms with Gasteiger partial charge in [-0.3, -0.25) is 13.9 Å². The van der Waals surface area contributed by atoms with Crippen molar-refractivity contribution in [1.82, 2.24) is 9.13 Å². The molecule has 0 radical (unpaired) electrons. The zero-order chi connectivity index (χ0) is 43.4. The number of aromatic nitrogens is 3. The molecule has 0 unspecified atom stereocenters. The Kier molecular flexibility index (Phi) is 12.2. The van der Waals surface area contributed by atoms with E-state index >= 15 is 0 Å². The van der Waals surface area contributed by atoms with Crippen molar-refractivity contribution in [2.24, 2.45) is 7.05 Å². The van der Waals surface area contributed by atoms with Gasteiger partial charge in [-0.25, -0.2) is 13.2 Å². The third-order valence-corrected chi connectivity index (χ3v) is 12.3. The van der Waals surface area contributed by atoms with E-state index in [2.05, 4.69) is 40.7 Å². The van der Waals surface area contributed by atoms with E-state index < -0.39 is 33.0 Å². The average molecular weight is 844 g/mol. The second-order valence-electron chi connectivity index (χ2n) is 15.5. The van der Waals surface area contributed by atoms with Crippen LogP contribution in [0, 0.1) is 0 Å². The van der Waals surface area contributed by atoms with Crippen LogP contribution in [0.3, 0.4) is 0 Å². The molecule has 0 bridgehead atoms. The van der Waals surface area contributed by atoms with Crippen molar-refractivity contribution < 1.29 is 22.6 Å². The molecule has 0 N–H and O–H groups in total. The summed E-state index contributed by atoms with van der Waals surface area (Å²) in [6.07, 6.45) is 15.7. The summed E-state index contributed by atoms with van der Waals surface area (Å²) < 4.78 is 38.7. The number of benzene rings is 4. The fourth-order valence-electron chi connectivity index (χ4n) is 8.45. The molecular weight excluding hydrogens is 797 g/mol. The third-order valence-electron chi connectivity index (χ3n) is 11.5. The van der Waals surface area contributed by atoms with E-state index in [0.29, 0.717) is 35.4 Å². The van der Waals surface area contributed by atoms with E-state index in [0.717, 1.165) is 79.6 Å². The topological polar surface area (TPSA) is 131 Å². The van der Waals surface area contributed by atoms with Crippen molar-refractivity contribution in [1.29, 1.82) is 0 Å². The first-order valence-corrected chi connectivity index (χ1v) is 22.6. The van der Waals surface area contributed by atoms with Gasteiger partial charge in [-0.05, 0) is 102 Å². The first-order valence-electron chi connectivity index (χ1n) is 21.0. The molecule has 2 aliphatic rings. The first kappa shape index (κ1) is 41.9. The van der Waals surface area contributed by atoms with Crippen molar-refractivity contribution in [3.05, 3.63) is 194 Å². The van der Waals surface area contributed by atoms with Crippen LogP contribution in [0.25, 0.3) is 45.5 Å². The standard InChI is InChI=1S/C51H48N4O6S/c1-3-4-14-33-53-38(27-25-36-17-8-12-23-45(36)53)29-31-43-41-21-10-11-22-42(41)44(47(43)48-49(56)52(2)51(58)55(50(48)57)40-19-6-5-7-20-40)32-30-39-28-26-37-18-9-13-24-46(37)54(39)34-15-16-35-62(59,60)61/h5-13,17-32H,3-4,14-16,33-35H2,1-2H3,(H,59,60,61)/p-1/b39-30+,44-32+. The van der Waals surface area contributed by atoms with E-state index in [1.165, 1.54) is 7.05 Å². The van der Waals surface area contributed by atoms with Crippen LogP contribution in [0.1, 0.15) is 67.0 Å². The maximum Gasteiger partial charge on any atom is 0.334 e. The van der Waals surface area contributed by atoms with E-state index in [4.69, 9.17) is 0 Å². The number of para-hydroxylation sites is 3. The molecule has 0 atom stereocenters. The Balaban J connectivity index is 1.35. The van der Waals surface area contributed by atoms with Gasteiger partial charge < -0.3 is 14.6 Å². The van der Waals surface area contributed by atoms with Crippen LogP contribution in [0.5, 0.6) is 5.88 Å². The molecule has 0 saturated carbocycles. The van der Waals surface area contributed by atoms with E-state index in [1.807, 2.05) is 97.1 Å². The van der Waals surface area contributed by atoms with Gasteiger partial charge in [-0.2, -0.15) is 4.57 Å². The highest BCUT2D eigenvalue weighted by atomic mass is 32.2. The van der Waals surface area contributed by atoms with Crippen LogP contribution in [-0.4, -0.2) is 34.4 Å². The SMILES string of the molecule is CCCCC[n+]1c(/C=C/C2=C(c3c([O-])n(-c4ccccc4)c(=O)n(C)c3=O)C(=C/C=C3\C=Cc4ccccc4N3CCCCS(=O)(=O)[O-])/c3ccccc32)ccc2ccccc21. The molecule has 0 spiro atoms. The van der Waals surface area contributed by atoms with Gasteiger partial charge in [-0.1, -0.05) is 98.3 Å². The van der Waals surface area contributed by atoms with Crippen LogP contribution in [-0.2, 0) is 23.7 Å². The number of hydrogen-bond donors (Lipinski definition) is 0. The fraction of sp³-hybridized carbons (Fsp3) is 0.196. The summed E-state index contributed by atoms with van der Waals surface area (Å²) in [6, 6.07) is 36.8. The molecule has 1 aliphatic carbocycles. The van der Waals surface area contributed by atoms with Gasteiger partial charge in [0.25, 0.3) is 5.56 Å². The van der Waals surface area contributed by atoms with Crippen molar-refractivity contribution in [2.45, 2.75) is 45.6 Å². The minimum absolute atomic E-state index is 0.133. The second kappa shape index (κ2) is 18.0. The minimum Gasteiger partial charge on any atom is -0.859 e. The number of allylic oxidation sites excluding steroid dienone is 7. The molecule has 0 fully saturated rings. The predicted molar refractivity (Wildman–Crippen MR) is 245 cm³/mol. The number of unbranched alkanes of at least 4 members (excludes halogenated alkanes) is 3. The maximum absolute atomic E-state index is 14.9. The molecule has 0 saturated heterocycles. The van der Waals surface area contributed by atoms with Crippen LogP contribution >= 0.6 is 0 Å². The smallest absolute Gasteiger partial charge is 0.334 e. The Labute approximate surface area is 361 Å². The molecule has 0 amide bonds. The van der Waals surface area contributed by atoms with Crippen LogP contribution < -0.4 is 25.8 Å². The first-order chi connectivity index (χ1) is 30.1. The molecule has 62 heavy (non-hydrogen) atoms. The molecule has 314 valence electrons. The molecule has 10 nitrogen and oxygen atoms in total. The predicted octanol–water partition coefficient (Wildman–Crippen LogP) is 8.00. The summed E-state index contributed by atoms with van der Waals surface area (Å²) >= 11 is 0. The van der Waals surface area contributed by atoms with E-state index in [-0.39, 0.29) is 12.0 Å². The second-order valence-corrected chi connectivity index (χ2v) is 17.0. The van der Waals surface area contributed by atoms with Crippen LogP contribution in [0.2, 0.25) is 0 Å². The van der Waals surface area contributed by atoms with Gasteiger partial charge in [0.05, 0.1) is 15.7 Å². The maximum atomic E-state index is 14.9. The van der Waals surface area contributed by atoms with Crippen molar-refractivity contribution in [3.63, 3.8) is 0 Å². The Hall–Kier alpha value is -6.82. The lowest BCUT2D eigenvalue weighted by atomic mass is 9.96. The normalized spacial score (nSPS) is 15.0. The molecule has 4 aromatic carbocycles. The number of fused-ring (bicyclic) bond motifs is 3. The summed E-state index contributed by atoms with van der Waals surface area (Å²) in [5.41, 5.74) is 6.82. The lowest BCUT2D eigenvalue weighted by Crippen LogP contribution is -2.40. The summed E-state index contributed by atoms with van der Waals surface area (Å²) in [5, 5.41) is 16.0. The highest BCUT2D eigenvalue weighted by molar-refractivity contribution is 7.85. The van der Waals surface area contributed by atoms with Gasteiger partial charge in [0.15, 0.2) is 0 Å². The molecule has 2 aromatic heterocycles. The molecular formula is C51H47N4O6S-. The average Bonchev–Trinajstić information content (AvgIpc) is 3.58. The summed E-state index contributed by atoms with van der Waals surface area (Å²) in [4.78, 5) is 30.4. The van der Waals surface area contributed by atoms with Gasteiger partial charge in [0.2, 0.25) is 11.2 Å². The summed E-state index contributed by atoms with van der Waals surface area (Å²) in [7, 11) is -2.96. The summed E-state index contributed by atoms with van der Waals surface area (Å²) in [5.74, 6) is -1.17. The lowest BCUT2D eigenvalue weighted by molar-refractivity contribution is -0.673.